The lowest BCUT2D eigenvalue weighted by molar-refractivity contribution is -0.132. The fourth-order valence-corrected chi connectivity index (χ4v) is 6.53. The topological polar surface area (TPSA) is 91.9 Å². The Morgan fingerprint density at radius 3 is 2.47 bits per heavy atom. The maximum atomic E-state index is 13.6. The smallest absolute Gasteiger partial charge is 0.319 e. The van der Waals surface area contributed by atoms with E-state index < -0.39 is 17.7 Å². The van der Waals surface area contributed by atoms with E-state index in [1.165, 1.54) is 6.07 Å². The van der Waals surface area contributed by atoms with Crippen LogP contribution in [0.3, 0.4) is 0 Å². The summed E-state index contributed by atoms with van der Waals surface area (Å²) >= 11 is 5.99. The van der Waals surface area contributed by atoms with E-state index in [2.05, 4.69) is 16.0 Å². The summed E-state index contributed by atoms with van der Waals surface area (Å²) in [6.45, 7) is 1.26. The Morgan fingerprint density at radius 2 is 1.74 bits per heavy atom. The molecule has 228 valence electrons. The largest absolute Gasteiger partial charge is 0.493 e. The molecule has 0 unspecified atom stereocenters. The van der Waals surface area contributed by atoms with Crippen molar-refractivity contribution in [2.24, 2.45) is 0 Å². The standard InChI is InChI=1S/C32H35ClF2N4O4/c1-42-27-10-5-21(15-28(27)43-2)32-12-11-24(38-31(41)37-23-8-9-25(34)26(35)16-23)17-29(32)39(14-13-32)30(40)19-36-18-20-3-6-22(33)7-4-20/h3-10,15-16,24,29,36H,11-14,17-19H2,1-2H3,(H2,37,38,41)/t24-,29+,32+/m1/s1. The second kappa shape index (κ2) is 13.2. The first-order valence-corrected chi connectivity index (χ1v) is 14.6. The highest BCUT2D eigenvalue weighted by Gasteiger charge is 2.53. The van der Waals surface area contributed by atoms with Crippen molar-refractivity contribution in [1.82, 2.24) is 15.5 Å². The first kappa shape index (κ1) is 30.6. The molecule has 1 aliphatic carbocycles. The lowest BCUT2D eigenvalue weighted by Gasteiger charge is -2.45. The number of nitrogens with one attached hydrogen (secondary N) is 3. The molecule has 8 nitrogen and oxygen atoms in total. The molecule has 0 radical (unpaired) electrons. The highest BCUT2D eigenvalue weighted by molar-refractivity contribution is 6.30. The van der Waals surface area contributed by atoms with Crippen molar-refractivity contribution < 1.29 is 27.8 Å². The van der Waals surface area contributed by atoms with Crippen molar-refractivity contribution in [3.05, 3.63) is 88.4 Å². The Bertz CT molecular complexity index is 1470. The minimum absolute atomic E-state index is 0.0202. The monoisotopic (exact) mass is 612 g/mol. The molecule has 2 fully saturated rings. The molecule has 3 amide bonds. The Labute approximate surface area is 254 Å². The zero-order chi connectivity index (χ0) is 30.6. The van der Waals surface area contributed by atoms with Gasteiger partial charge in [0.15, 0.2) is 23.1 Å². The van der Waals surface area contributed by atoms with Crippen LogP contribution in [-0.4, -0.2) is 56.2 Å². The molecular weight excluding hydrogens is 578 g/mol. The SMILES string of the molecule is COc1ccc([C@@]23CC[C@@H](NC(=O)Nc4ccc(F)c(F)c4)C[C@@H]2N(C(=O)CNCc2ccc(Cl)cc2)CC3)cc1OC. The summed E-state index contributed by atoms with van der Waals surface area (Å²) in [6, 6.07) is 15.6. The van der Waals surface area contributed by atoms with Crippen LogP contribution in [-0.2, 0) is 16.8 Å². The maximum Gasteiger partial charge on any atom is 0.319 e. The van der Waals surface area contributed by atoms with Gasteiger partial charge in [-0.3, -0.25) is 4.79 Å². The molecule has 2 aliphatic rings. The van der Waals surface area contributed by atoms with Crippen LogP contribution in [0.15, 0.2) is 60.7 Å². The zero-order valence-electron chi connectivity index (χ0n) is 24.1. The van der Waals surface area contributed by atoms with Crippen LogP contribution in [0.4, 0.5) is 19.3 Å². The number of methoxy groups -OCH3 is 2. The molecule has 3 aromatic rings. The number of fused-ring (bicyclic) bond motifs is 1. The minimum atomic E-state index is -1.04. The number of anilines is 1. The van der Waals surface area contributed by atoms with Gasteiger partial charge >= 0.3 is 6.03 Å². The molecule has 1 saturated heterocycles. The average Bonchev–Trinajstić information content (AvgIpc) is 3.39. The van der Waals surface area contributed by atoms with E-state index in [1.807, 2.05) is 47.4 Å². The van der Waals surface area contributed by atoms with Gasteiger partial charge in [0.2, 0.25) is 5.91 Å². The molecule has 5 rings (SSSR count). The van der Waals surface area contributed by atoms with E-state index in [9.17, 15) is 18.4 Å². The number of nitrogens with zero attached hydrogens (tertiary/aromatic N) is 1. The van der Waals surface area contributed by atoms with Crippen molar-refractivity contribution >= 4 is 29.2 Å². The fraction of sp³-hybridized carbons (Fsp3) is 0.375. The number of hydrogen-bond donors (Lipinski definition) is 3. The van der Waals surface area contributed by atoms with Gasteiger partial charge in [0.25, 0.3) is 0 Å². The van der Waals surface area contributed by atoms with Gasteiger partial charge in [-0.15, -0.1) is 0 Å². The van der Waals surface area contributed by atoms with E-state index >= 15 is 0 Å². The van der Waals surface area contributed by atoms with Gasteiger partial charge in [0, 0.05) is 47.4 Å². The lowest BCUT2D eigenvalue weighted by Crippen LogP contribution is -2.55. The summed E-state index contributed by atoms with van der Waals surface area (Å²) in [5.41, 5.74) is 1.90. The van der Waals surface area contributed by atoms with Crippen LogP contribution < -0.4 is 25.4 Å². The molecular formula is C32H35ClF2N4O4. The molecule has 0 bridgehead atoms. The number of ether oxygens (including phenoxy) is 2. The second-order valence-corrected chi connectivity index (χ2v) is 11.4. The van der Waals surface area contributed by atoms with Crippen LogP contribution in [0.1, 0.15) is 36.8 Å². The van der Waals surface area contributed by atoms with Gasteiger partial charge in [-0.25, -0.2) is 13.6 Å². The number of likely N-dealkylation sites (tertiary alicyclic amines) is 1. The van der Waals surface area contributed by atoms with Crippen LogP contribution in [0, 0.1) is 11.6 Å². The van der Waals surface area contributed by atoms with Gasteiger partial charge < -0.3 is 30.3 Å². The summed E-state index contributed by atoms with van der Waals surface area (Å²) in [4.78, 5) is 28.3. The summed E-state index contributed by atoms with van der Waals surface area (Å²) in [5.74, 6) is -0.805. The predicted molar refractivity (Wildman–Crippen MR) is 161 cm³/mol. The number of hydrogen-bond acceptors (Lipinski definition) is 5. The summed E-state index contributed by atoms with van der Waals surface area (Å²) in [6.07, 6.45) is 2.70. The van der Waals surface area contributed by atoms with Crippen molar-refractivity contribution in [2.75, 3.05) is 32.6 Å². The van der Waals surface area contributed by atoms with Gasteiger partial charge in [-0.1, -0.05) is 29.8 Å². The fourth-order valence-electron chi connectivity index (χ4n) is 6.40. The van der Waals surface area contributed by atoms with Gasteiger partial charge in [0.1, 0.15) is 0 Å². The third-order valence-corrected chi connectivity index (χ3v) is 8.82. The van der Waals surface area contributed by atoms with Gasteiger partial charge in [-0.05, 0) is 73.2 Å². The maximum absolute atomic E-state index is 13.6. The molecule has 1 saturated carbocycles. The van der Waals surface area contributed by atoms with Crippen molar-refractivity contribution in [1.29, 1.82) is 0 Å². The molecule has 0 spiro atoms. The average molecular weight is 613 g/mol. The number of halogens is 3. The Hall–Kier alpha value is -3.89. The highest BCUT2D eigenvalue weighted by Crippen LogP contribution is 2.50. The van der Waals surface area contributed by atoms with Crippen molar-refractivity contribution in [3.8, 4) is 11.5 Å². The molecule has 0 aromatic heterocycles. The van der Waals surface area contributed by atoms with Crippen LogP contribution in [0.2, 0.25) is 5.02 Å². The zero-order valence-corrected chi connectivity index (χ0v) is 24.8. The van der Waals surface area contributed by atoms with E-state index in [-0.39, 0.29) is 35.6 Å². The van der Waals surface area contributed by atoms with Crippen molar-refractivity contribution in [3.63, 3.8) is 0 Å². The first-order chi connectivity index (χ1) is 20.7. The summed E-state index contributed by atoms with van der Waals surface area (Å²) in [5, 5.41) is 9.46. The van der Waals surface area contributed by atoms with Crippen molar-refractivity contribution in [2.45, 2.75) is 49.7 Å². The number of urea groups is 1. The van der Waals surface area contributed by atoms with E-state index in [0.29, 0.717) is 42.5 Å². The molecule has 3 atom stereocenters. The Kier molecular flexibility index (Phi) is 9.37. The molecule has 3 N–H and O–H groups in total. The van der Waals surface area contributed by atoms with Gasteiger partial charge in [-0.2, -0.15) is 0 Å². The third-order valence-electron chi connectivity index (χ3n) is 8.57. The molecule has 1 aliphatic heterocycles. The lowest BCUT2D eigenvalue weighted by atomic mass is 9.65. The van der Waals surface area contributed by atoms with E-state index in [1.54, 1.807) is 14.2 Å². The number of amides is 3. The Balaban J connectivity index is 1.33. The summed E-state index contributed by atoms with van der Waals surface area (Å²) < 4.78 is 38.0. The Morgan fingerprint density at radius 1 is 0.977 bits per heavy atom. The predicted octanol–water partition coefficient (Wildman–Crippen LogP) is 5.64. The minimum Gasteiger partial charge on any atom is -0.493 e. The molecule has 11 heteroatoms. The van der Waals surface area contributed by atoms with Gasteiger partial charge in [0.05, 0.1) is 20.8 Å². The molecule has 1 heterocycles. The quantitative estimate of drug-likeness (QED) is 0.291. The van der Waals surface area contributed by atoms with E-state index in [0.717, 1.165) is 36.1 Å². The van der Waals surface area contributed by atoms with E-state index in [4.69, 9.17) is 21.1 Å². The normalized spacial score (nSPS) is 21.2. The molecule has 3 aromatic carbocycles. The summed E-state index contributed by atoms with van der Waals surface area (Å²) in [7, 11) is 3.19. The number of benzene rings is 3. The number of carbonyl (C=O) groups excluding carboxylic acids is 2. The van der Waals surface area contributed by atoms with Crippen LogP contribution in [0.5, 0.6) is 11.5 Å². The molecule has 43 heavy (non-hydrogen) atoms. The number of rotatable bonds is 9. The number of carbonyl (C=O) groups is 2. The van der Waals surface area contributed by atoms with Crippen LogP contribution >= 0.6 is 11.6 Å². The first-order valence-electron chi connectivity index (χ1n) is 14.2. The van der Waals surface area contributed by atoms with Crippen LogP contribution in [0.25, 0.3) is 0 Å². The highest BCUT2D eigenvalue weighted by atomic mass is 35.5. The second-order valence-electron chi connectivity index (χ2n) is 11.0. The third kappa shape index (κ3) is 6.70.